The first-order chi connectivity index (χ1) is 21.0. The van der Waals surface area contributed by atoms with Gasteiger partial charge in [0.1, 0.15) is 35.2 Å². The summed E-state index contributed by atoms with van der Waals surface area (Å²) in [6.07, 6.45) is 6.05. The van der Waals surface area contributed by atoms with E-state index < -0.39 is 23.5 Å². The quantitative estimate of drug-likeness (QED) is 0.219. The molecule has 44 heavy (non-hydrogen) atoms. The lowest BCUT2D eigenvalue weighted by atomic mass is 9.97. The molecule has 4 aromatic rings. The fourth-order valence-corrected chi connectivity index (χ4v) is 5.32. The van der Waals surface area contributed by atoms with E-state index in [0.29, 0.717) is 53.3 Å². The number of carboxylic acid groups (broad SMARTS) is 1. The molecule has 2 unspecified atom stereocenters. The fourth-order valence-electron chi connectivity index (χ4n) is 5.32. The van der Waals surface area contributed by atoms with Gasteiger partial charge in [0, 0.05) is 18.3 Å². The zero-order chi connectivity index (χ0) is 31.4. The van der Waals surface area contributed by atoms with Crippen molar-refractivity contribution in [1.82, 2.24) is 19.6 Å². The number of halogens is 1. The van der Waals surface area contributed by atoms with Gasteiger partial charge in [0.25, 0.3) is 0 Å². The third kappa shape index (κ3) is 6.88. The van der Waals surface area contributed by atoms with Crippen LogP contribution in [0.5, 0.6) is 11.8 Å². The lowest BCUT2D eigenvalue weighted by Crippen LogP contribution is -2.52. The van der Waals surface area contributed by atoms with Crippen molar-refractivity contribution in [3.05, 3.63) is 78.5 Å². The van der Waals surface area contributed by atoms with Crippen molar-refractivity contribution in [3.63, 3.8) is 0 Å². The Hall–Kier alpha value is -4.80. The van der Waals surface area contributed by atoms with Crippen LogP contribution in [0.25, 0.3) is 22.6 Å². The van der Waals surface area contributed by atoms with Crippen LogP contribution in [-0.4, -0.2) is 54.9 Å². The molecule has 2 aromatic carbocycles. The second-order valence-electron chi connectivity index (χ2n) is 11.7. The highest BCUT2D eigenvalue weighted by Gasteiger charge is 2.35. The smallest absolute Gasteiger partial charge is 0.330 e. The van der Waals surface area contributed by atoms with E-state index in [1.165, 1.54) is 12.1 Å². The Morgan fingerprint density at radius 3 is 2.43 bits per heavy atom. The van der Waals surface area contributed by atoms with Crippen molar-refractivity contribution in [3.8, 4) is 34.4 Å². The van der Waals surface area contributed by atoms with Gasteiger partial charge in [-0.25, -0.2) is 23.8 Å². The number of carbonyl (C=O) groups is 2. The number of benzene rings is 2. The molecule has 10 nitrogen and oxygen atoms in total. The summed E-state index contributed by atoms with van der Waals surface area (Å²) < 4.78 is 27.4. The minimum absolute atomic E-state index is 0.0701. The van der Waals surface area contributed by atoms with E-state index in [2.05, 4.69) is 4.98 Å². The predicted molar refractivity (Wildman–Crippen MR) is 162 cm³/mol. The van der Waals surface area contributed by atoms with Crippen molar-refractivity contribution in [2.24, 2.45) is 0 Å². The topological polar surface area (TPSA) is 120 Å². The van der Waals surface area contributed by atoms with Crippen LogP contribution in [0.15, 0.2) is 67.1 Å². The molecule has 230 valence electrons. The number of nitrogens with zero attached hydrogens (tertiary/aromatic N) is 5. The third-order valence-electron chi connectivity index (χ3n) is 7.37. The number of hydrogen-bond donors (Lipinski definition) is 1. The SMILES string of the molecule is CCC(C(=O)O)c1ccc(Oc2nccc(-c3c(-c4ccc(F)cc4)ncn3N3CCCCC3C(=O)OC(C)(C)C)n2)cc1. The normalized spacial score (nSPS) is 15.9. The van der Waals surface area contributed by atoms with Gasteiger partial charge in [-0.1, -0.05) is 19.1 Å². The van der Waals surface area contributed by atoms with Crippen molar-refractivity contribution >= 4 is 11.9 Å². The Labute approximate surface area is 255 Å². The highest BCUT2D eigenvalue weighted by molar-refractivity contribution is 5.80. The van der Waals surface area contributed by atoms with Crippen molar-refractivity contribution < 1.29 is 28.6 Å². The average molecular weight is 602 g/mol. The van der Waals surface area contributed by atoms with Gasteiger partial charge >= 0.3 is 17.9 Å². The molecular formula is C33H36FN5O5. The molecule has 3 heterocycles. The minimum atomic E-state index is -0.881. The number of aliphatic carboxylic acids is 1. The summed E-state index contributed by atoms with van der Waals surface area (Å²) in [5, 5.41) is 11.4. The van der Waals surface area contributed by atoms with Crippen molar-refractivity contribution in [1.29, 1.82) is 0 Å². The molecule has 5 rings (SSSR count). The van der Waals surface area contributed by atoms with Crippen LogP contribution < -0.4 is 9.75 Å². The number of imidazole rings is 1. The number of ether oxygens (including phenoxy) is 2. The predicted octanol–water partition coefficient (Wildman–Crippen LogP) is 6.35. The molecule has 0 aliphatic carbocycles. The van der Waals surface area contributed by atoms with Gasteiger partial charge < -0.3 is 14.6 Å². The van der Waals surface area contributed by atoms with Gasteiger partial charge in [-0.05, 0) is 94.5 Å². The van der Waals surface area contributed by atoms with E-state index in [9.17, 15) is 19.1 Å². The van der Waals surface area contributed by atoms with Gasteiger partial charge in [-0.3, -0.25) is 9.80 Å². The number of piperidine rings is 1. The zero-order valence-electron chi connectivity index (χ0n) is 25.2. The Morgan fingerprint density at radius 2 is 1.77 bits per heavy atom. The van der Waals surface area contributed by atoms with Crippen molar-refractivity contribution in [2.75, 3.05) is 11.6 Å². The average Bonchev–Trinajstić information content (AvgIpc) is 3.43. The summed E-state index contributed by atoms with van der Waals surface area (Å²) in [5.41, 5.74) is 2.32. The molecule has 0 radical (unpaired) electrons. The summed E-state index contributed by atoms with van der Waals surface area (Å²) in [4.78, 5) is 38.6. The van der Waals surface area contributed by atoms with Gasteiger partial charge in [0.05, 0.1) is 17.3 Å². The van der Waals surface area contributed by atoms with Crippen LogP contribution in [0.3, 0.4) is 0 Å². The standard InChI is InChI=1S/C33H36FN5O5/c1-5-25(30(40)41)21-11-15-24(16-12-21)43-32-35-18-17-26(37-32)29-28(22-9-13-23(34)14-10-22)36-20-39(29)38-19-7-6-8-27(38)31(42)44-33(2,3)4/h9-18,20,25,27H,5-8,19H2,1-4H3,(H,40,41). The Kier molecular flexibility index (Phi) is 8.93. The number of carboxylic acids is 1. The molecule has 2 aromatic heterocycles. The maximum Gasteiger partial charge on any atom is 0.330 e. The second-order valence-corrected chi connectivity index (χ2v) is 11.7. The van der Waals surface area contributed by atoms with E-state index in [1.54, 1.807) is 55.0 Å². The number of aromatic nitrogens is 4. The van der Waals surface area contributed by atoms with Gasteiger partial charge in [-0.15, -0.1) is 0 Å². The van der Waals surface area contributed by atoms with Crippen molar-refractivity contribution in [2.45, 2.75) is 70.9 Å². The number of esters is 1. The lowest BCUT2D eigenvalue weighted by molar-refractivity contribution is -0.157. The summed E-state index contributed by atoms with van der Waals surface area (Å²) in [6, 6.07) is 14.1. The molecule has 1 fully saturated rings. The third-order valence-corrected chi connectivity index (χ3v) is 7.37. The summed E-state index contributed by atoms with van der Waals surface area (Å²) in [7, 11) is 0. The molecule has 0 amide bonds. The molecular weight excluding hydrogens is 565 g/mol. The van der Waals surface area contributed by atoms with Gasteiger partial charge in [0.2, 0.25) is 0 Å². The molecule has 1 saturated heterocycles. The molecule has 0 bridgehead atoms. The van der Waals surface area contributed by atoms with Crippen LogP contribution in [0.4, 0.5) is 4.39 Å². The van der Waals surface area contributed by atoms with Crippen LogP contribution >= 0.6 is 0 Å². The monoisotopic (exact) mass is 601 g/mol. The molecule has 1 aliphatic heterocycles. The van der Waals surface area contributed by atoms with Crippen LogP contribution in [-0.2, 0) is 14.3 Å². The number of hydrogen-bond acceptors (Lipinski definition) is 8. The van der Waals surface area contributed by atoms with Crippen LogP contribution in [0, 0.1) is 5.82 Å². The van der Waals surface area contributed by atoms with E-state index in [0.717, 1.165) is 12.8 Å². The van der Waals surface area contributed by atoms with E-state index in [-0.39, 0.29) is 17.8 Å². The number of carbonyl (C=O) groups excluding carboxylic acids is 1. The first-order valence-electron chi connectivity index (χ1n) is 14.7. The first-order valence-corrected chi connectivity index (χ1v) is 14.7. The Morgan fingerprint density at radius 1 is 1.05 bits per heavy atom. The largest absolute Gasteiger partial charge is 0.481 e. The Bertz CT molecular complexity index is 1620. The van der Waals surface area contributed by atoms with Gasteiger partial charge in [0.15, 0.2) is 0 Å². The highest BCUT2D eigenvalue weighted by atomic mass is 19.1. The molecule has 1 N–H and O–H groups in total. The zero-order valence-corrected chi connectivity index (χ0v) is 25.2. The van der Waals surface area contributed by atoms with Gasteiger partial charge in [-0.2, -0.15) is 4.98 Å². The highest BCUT2D eigenvalue weighted by Crippen LogP contribution is 2.34. The Balaban J connectivity index is 1.53. The molecule has 11 heteroatoms. The van der Waals surface area contributed by atoms with E-state index >= 15 is 0 Å². The van der Waals surface area contributed by atoms with E-state index in [4.69, 9.17) is 19.4 Å². The summed E-state index contributed by atoms with van der Waals surface area (Å²) >= 11 is 0. The first kappa shape index (κ1) is 30.7. The van der Waals surface area contributed by atoms with E-state index in [1.807, 2.05) is 37.4 Å². The second kappa shape index (κ2) is 12.8. The molecule has 2 atom stereocenters. The maximum atomic E-state index is 13.8. The lowest BCUT2D eigenvalue weighted by Gasteiger charge is -2.38. The maximum absolute atomic E-state index is 13.8. The summed E-state index contributed by atoms with van der Waals surface area (Å²) in [5.74, 6) is -1.72. The fraction of sp³-hybridized carbons (Fsp3) is 0.364. The summed E-state index contributed by atoms with van der Waals surface area (Å²) in [6.45, 7) is 7.95. The molecule has 0 saturated carbocycles. The molecule has 1 aliphatic rings. The molecule has 0 spiro atoms. The van der Waals surface area contributed by atoms with Crippen LogP contribution in [0.1, 0.15) is 64.9 Å². The number of rotatable bonds is 9. The van der Waals surface area contributed by atoms with Crippen LogP contribution in [0.2, 0.25) is 0 Å². The minimum Gasteiger partial charge on any atom is -0.481 e.